The third kappa shape index (κ3) is 6.93. The summed E-state index contributed by atoms with van der Waals surface area (Å²) in [5.41, 5.74) is 5.53. The minimum absolute atomic E-state index is 0.417. The van der Waals surface area contributed by atoms with Gasteiger partial charge < -0.3 is 14.8 Å². The van der Waals surface area contributed by atoms with Gasteiger partial charge in [-0.15, -0.1) is 0 Å². The van der Waals surface area contributed by atoms with Gasteiger partial charge in [0.1, 0.15) is 6.61 Å². The number of aryl methyl sites for hydroxylation is 1. The van der Waals surface area contributed by atoms with Crippen LogP contribution < -0.4 is 20.2 Å². The van der Waals surface area contributed by atoms with Gasteiger partial charge in [-0.3, -0.25) is 9.59 Å². The highest BCUT2D eigenvalue weighted by Crippen LogP contribution is 2.29. The van der Waals surface area contributed by atoms with E-state index in [0.29, 0.717) is 36.0 Å². The molecular formula is C26H27N3O4. The molecule has 3 rings (SSSR count). The molecule has 7 heteroatoms. The second-order valence-corrected chi connectivity index (χ2v) is 7.08. The van der Waals surface area contributed by atoms with Crippen molar-refractivity contribution in [2.45, 2.75) is 26.9 Å². The Morgan fingerprint density at radius 1 is 0.879 bits per heavy atom. The van der Waals surface area contributed by atoms with Crippen molar-refractivity contribution >= 4 is 23.7 Å². The highest BCUT2D eigenvalue weighted by molar-refractivity contribution is 6.39. The van der Waals surface area contributed by atoms with Crippen molar-refractivity contribution in [3.05, 3.63) is 89.5 Å². The number of hydrazone groups is 1. The number of amides is 2. The van der Waals surface area contributed by atoms with Gasteiger partial charge in [0.15, 0.2) is 11.5 Å². The molecule has 0 aliphatic heterocycles. The molecule has 3 aromatic carbocycles. The van der Waals surface area contributed by atoms with E-state index in [9.17, 15) is 9.59 Å². The number of hydrogen-bond acceptors (Lipinski definition) is 5. The zero-order valence-electron chi connectivity index (χ0n) is 18.7. The van der Waals surface area contributed by atoms with E-state index < -0.39 is 11.8 Å². The maximum absolute atomic E-state index is 12.2. The predicted molar refractivity (Wildman–Crippen MR) is 129 cm³/mol. The average molecular weight is 446 g/mol. The fourth-order valence-electron chi connectivity index (χ4n) is 3.07. The van der Waals surface area contributed by atoms with Crippen LogP contribution in [0, 0.1) is 0 Å². The molecule has 0 heterocycles. The van der Waals surface area contributed by atoms with Crippen LogP contribution in [0.2, 0.25) is 0 Å². The monoisotopic (exact) mass is 445 g/mol. The summed E-state index contributed by atoms with van der Waals surface area (Å²) >= 11 is 0. The van der Waals surface area contributed by atoms with Crippen molar-refractivity contribution in [1.82, 2.24) is 5.43 Å². The molecule has 0 saturated carbocycles. The van der Waals surface area contributed by atoms with Crippen LogP contribution in [-0.2, 0) is 22.6 Å². The summed E-state index contributed by atoms with van der Waals surface area (Å²) in [6.07, 6.45) is 2.18. The zero-order valence-corrected chi connectivity index (χ0v) is 18.7. The van der Waals surface area contributed by atoms with E-state index in [1.165, 1.54) is 6.21 Å². The molecule has 0 atom stereocenters. The molecule has 0 radical (unpaired) electrons. The van der Waals surface area contributed by atoms with Gasteiger partial charge in [-0.25, -0.2) is 5.43 Å². The van der Waals surface area contributed by atoms with Crippen LogP contribution in [0.1, 0.15) is 30.5 Å². The summed E-state index contributed by atoms with van der Waals surface area (Å²) in [5.74, 6) is -0.466. The van der Waals surface area contributed by atoms with Gasteiger partial charge in [-0.1, -0.05) is 55.5 Å². The minimum atomic E-state index is -0.856. The molecule has 170 valence electrons. The van der Waals surface area contributed by atoms with Gasteiger partial charge >= 0.3 is 11.8 Å². The number of nitrogens with zero attached hydrogens (tertiary/aromatic N) is 1. The number of nitrogens with one attached hydrogen (secondary N) is 2. The second-order valence-electron chi connectivity index (χ2n) is 7.08. The van der Waals surface area contributed by atoms with E-state index in [1.54, 1.807) is 30.3 Å². The molecule has 33 heavy (non-hydrogen) atoms. The Morgan fingerprint density at radius 3 is 2.39 bits per heavy atom. The van der Waals surface area contributed by atoms with E-state index >= 15 is 0 Å². The third-order valence-electron chi connectivity index (χ3n) is 4.74. The van der Waals surface area contributed by atoms with E-state index in [2.05, 4.69) is 15.8 Å². The van der Waals surface area contributed by atoms with Crippen LogP contribution in [0.25, 0.3) is 0 Å². The molecule has 0 spiro atoms. The molecule has 0 aromatic heterocycles. The van der Waals surface area contributed by atoms with Crippen molar-refractivity contribution in [2.75, 3.05) is 11.9 Å². The number of rotatable bonds is 9. The Kier molecular flexibility index (Phi) is 8.59. The number of carbonyl (C=O) groups excluding carboxylic acids is 2. The second kappa shape index (κ2) is 12.0. The SMILES string of the molecule is CCOc1cc(/C=N/NC(=O)C(=O)Nc2ccccc2CC)ccc1OCc1ccccc1. The molecule has 0 unspecified atom stereocenters. The van der Waals surface area contributed by atoms with Crippen LogP contribution in [0.3, 0.4) is 0 Å². The largest absolute Gasteiger partial charge is 0.490 e. The van der Waals surface area contributed by atoms with Gasteiger partial charge in [0, 0.05) is 5.69 Å². The fourth-order valence-corrected chi connectivity index (χ4v) is 3.07. The van der Waals surface area contributed by atoms with Gasteiger partial charge in [-0.2, -0.15) is 5.10 Å². The number of para-hydroxylation sites is 1. The molecule has 2 amide bonds. The average Bonchev–Trinajstić information content (AvgIpc) is 2.84. The molecule has 2 N–H and O–H groups in total. The van der Waals surface area contributed by atoms with Crippen molar-refractivity contribution in [3.63, 3.8) is 0 Å². The van der Waals surface area contributed by atoms with Crippen LogP contribution in [-0.4, -0.2) is 24.6 Å². The summed E-state index contributed by atoms with van der Waals surface area (Å²) in [6, 6.07) is 22.5. The summed E-state index contributed by atoms with van der Waals surface area (Å²) in [4.78, 5) is 24.3. The molecule has 3 aromatic rings. The predicted octanol–water partition coefficient (Wildman–Crippen LogP) is 4.32. The number of hydrogen-bond donors (Lipinski definition) is 2. The van der Waals surface area contributed by atoms with Crippen molar-refractivity contribution in [1.29, 1.82) is 0 Å². The highest BCUT2D eigenvalue weighted by Gasteiger charge is 2.14. The first-order chi connectivity index (χ1) is 16.1. The first kappa shape index (κ1) is 23.5. The quantitative estimate of drug-likeness (QED) is 0.292. The van der Waals surface area contributed by atoms with Crippen molar-refractivity contribution in [2.24, 2.45) is 5.10 Å². The molecule has 0 aliphatic carbocycles. The first-order valence-corrected chi connectivity index (χ1v) is 10.8. The number of carbonyl (C=O) groups is 2. The molecular weight excluding hydrogens is 418 g/mol. The third-order valence-corrected chi connectivity index (χ3v) is 4.74. The normalized spacial score (nSPS) is 10.6. The topological polar surface area (TPSA) is 89.0 Å². The summed E-state index contributed by atoms with van der Waals surface area (Å²) in [6.45, 7) is 4.75. The van der Waals surface area contributed by atoms with Crippen molar-refractivity contribution in [3.8, 4) is 11.5 Å². The van der Waals surface area contributed by atoms with Crippen LogP contribution in [0.5, 0.6) is 11.5 Å². The molecule has 7 nitrogen and oxygen atoms in total. The van der Waals surface area contributed by atoms with E-state index in [4.69, 9.17) is 9.47 Å². The Hall–Kier alpha value is -4.13. The van der Waals surface area contributed by atoms with Crippen LogP contribution in [0.15, 0.2) is 77.9 Å². The van der Waals surface area contributed by atoms with Gasteiger partial charge in [0.2, 0.25) is 0 Å². The van der Waals surface area contributed by atoms with Crippen molar-refractivity contribution < 1.29 is 19.1 Å². The van der Waals surface area contributed by atoms with Crippen LogP contribution >= 0.6 is 0 Å². The standard InChI is InChI=1S/C26H27N3O4/c1-3-21-12-8-9-13-22(21)28-25(30)26(31)29-27-17-20-14-15-23(24(16-20)32-4-2)33-18-19-10-6-5-7-11-19/h5-17H,3-4,18H2,1-2H3,(H,28,30)(H,29,31)/b27-17+. The molecule has 0 aliphatic rings. The lowest BCUT2D eigenvalue weighted by atomic mass is 10.1. The van der Waals surface area contributed by atoms with Gasteiger partial charge in [-0.05, 0) is 54.3 Å². The number of benzene rings is 3. The lowest BCUT2D eigenvalue weighted by molar-refractivity contribution is -0.136. The molecule has 0 saturated heterocycles. The lowest BCUT2D eigenvalue weighted by Gasteiger charge is -2.12. The number of ether oxygens (including phenoxy) is 2. The van der Waals surface area contributed by atoms with Crippen LogP contribution in [0.4, 0.5) is 5.69 Å². The summed E-state index contributed by atoms with van der Waals surface area (Å²) < 4.78 is 11.6. The lowest BCUT2D eigenvalue weighted by Crippen LogP contribution is -2.32. The van der Waals surface area contributed by atoms with Gasteiger partial charge in [0.05, 0.1) is 12.8 Å². The summed E-state index contributed by atoms with van der Waals surface area (Å²) in [7, 11) is 0. The van der Waals surface area contributed by atoms with Gasteiger partial charge in [0.25, 0.3) is 0 Å². The molecule has 0 bridgehead atoms. The minimum Gasteiger partial charge on any atom is -0.490 e. The maximum atomic E-state index is 12.2. The fraction of sp³-hybridized carbons (Fsp3) is 0.192. The Labute approximate surface area is 193 Å². The highest BCUT2D eigenvalue weighted by atomic mass is 16.5. The van der Waals surface area contributed by atoms with E-state index in [0.717, 1.165) is 17.5 Å². The summed E-state index contributed by atoms with van der Waals surface area (Å²) in [5, 5.41) is 6.50. The Balaban J connectivity index is 1.59. The Bertz CT molecular complexity index is 1110. The van der Waals surface area contributed by atoms with E-state index in [-0.39, 0.29) is 0 Å². The van der Waals surface area contributed by atoms with E-state index in [1.807, 2.05) is 56.3 Å². The Morgan fingerprint density at radius 2 is 1.64 bits per heavy atom. The smallest absolute Gasteiger partial charge is 0.329 e. The number of anilines is 1. The molecule has 0 fully saturated rings. The zero-order chi connectivity index (χ0) is 23.5. The maximum Gasteiger partial charge on any atom is 0.329 e. The first-order valence-electron chi connectivity index (χ1n) is 10.8.